The first-order chi connectivity index (χ1) is 17.3. The minimum absolute atomic E-state index is 0.218. The van der Waals surface area contributed by atoms with E-state index in [0.717, 1.165) is 39.7 Å². The molecule has 0 saturated carbocycles. The van der Waals surface area contributed by atoms with Crippen LogP contribution in [-0.2, 0) is 9.59 Å². The summed E-state index contributed by atoms with van der Waals surface area (Å²) in [4.78, 5) is 26.4. The number of carbonyl (C=O) groups is 2. The van der Waals surface area contributed by atoms with Crippen molar-refractivity contribution in [2.75, 3.05) is 20.3 Å². The lowest BCUT2D eigenvalue weighted by atomic mass is 9.68. The summed E-state index contributed by atoms with van der Waals surface area (Å²) >= 11 is 0. The highest BCUT2D eigenvalue weighted by molar-refractivity contribution is 6.05. The number of fused-ring (bicyclic) bond motifs is 2. The number of likely N-dealkylation sites (tertiary alicyclic amines) is 1. The van der Waals surface area contributed by atoms with E-state index in [9.17, 15) is 30.0 Å². The summed E-state index contributed by atoms with van der Waals surface area (Å²) in [5, 5.41) is 43.5. The van der Waals surface area contributed by atoms with E-state index in [-0.39, 0.29) is 37.2 Å². The Balaban J connectivity index is 1.60. The van der Waals surface area contributed by atoms with Gasteiger partial charge >= 0.3 is 0 Å². The topological polar surface area (TPSA) is 118 Å². The number of rotatable bonds is 9. The monoisotopic (exact) mass is 493 g/mol. The van der Waals surface area contributed by atoms with Crippen molar-refractivity contribution in [2.24, 2.45) is 17.8 Å². The predicted octanol–water partition coefficient (Wildman–Crippen LogP) is 3.40. The molecule has 4 rings (SSSR count). The molecule has 0 bridgehead atoms. The van der Waals surface area contributed by atoms with Gasteiger partial charge in [-0.05, 0) is 53.8 Å². The van der Waals surface area contributed by atoms with E-state index >= 15 is 0 Å². The largest absolute Gasteiger partial charge is 0.507 e. The molecule has 1 aliphatic heterocycles. The first kappa shape index (κ1) is 26.1. The highest BCUT2D eigenvalue weighted by Crippen LogP contribution is 2.45. The minimum atomic E-state index is -0.948. The summed E-state index contributed by atoms with van der Waals surface area (Å²) in [6.07, 6.45) is 4.09. The number of amides is 2. The third-order valence-corrected chi connectivity index (χ3v) is 7.76. The standard InChI is InChI=1S/C29H35NO6/c1-3-6-17(13-18-10-12-24(33)21-8-5-4-7-20(18)21)9-11-25(34)26-19(15-31)14-22-27(23(26)16-32)29(36)30(2)28(22)35/h4-5,7-8,10,12-13,22-23,25,27,31-34H,3,6,9,11,14-16H2,1-2H3/b17-13+/t22-,23+,25-,27-/m1/s1. The number of phenolic OH excluding ortho intramolecular Hbond substituents is 1. The summed E-state index contributed by atoms with van der Waals surface area (Å²) in [5.41, 5.74) is 3.18. The van der Waals surface area contributed by atoms with Crippen LogP contribution < -0.4 is 0 Å². The molecule has 0 spiro atoms. The number of imide groups is 1. The highest BCUT2D eigenvalue weighted by Gasteiger charge is 2.53. The van der Waals surface area contributed by atoms with E-state index < -0.39 is 23.9 Å². The molecular weight excluding hydrogens is 458 g/mol. The molecule has 36 heavy (non-hydrogen) atoms. The second-order valence-electron chi connectivity index (χ2n) is 9.90. The molecule has 4 N–H and O–H groups in total. The molecule has 0 unspecified atom stereocenters. The van der Waals surface area contributed by atoms with Gasteiger partial charge in [0.2, 0.25) is 11.8 Å². The van der Waals surface area contributed by atoms with Crippen LogP contribution in [0.1, 0.15) is 44.6 Å². The molecule has 0 radical (unpaired) electrons. The predicted molar refractivity (Wildman–Crippen MR) is 138 cm³/mol. The SMILES string of the molecule is CCC/C(=C\c1ccc(O)c2ccccc12)CC[C@@H](O)C1=C(CO)C[C@H]2C(=O)N(C)C(=O)[C@H]2[C@H]1CO. The van der Waals surface area contributed by atoms with Gasteiger partial charge in [-0.1, -0.05) is 55.3 Å². The number of allylic oxidation sites excluding steroid dienone is 1. The zero-order chi connectivity index (χ0) is 26.0. The van der Waals surface area contributed by atoms with Crippen LogP contribution >= 0.6 is 0 Å². The number of benzene rings is 2. The Bertz CT molecular complexity index is 1220. The van der Waals surface area contributed by atoms with Crippen molar-refractivity contribution in [1.82, 2.24) is 4.90 Å². The Kier molecular flexibility index (Phi) is 7.93. The molecule has 7 heteroatoms. The quantitative estimate of drug-likeness (QED) is 0.314. The number of aliphatic hydroxyl groups excluding tert-OH is 3. The average molecular weight is 494 g/mol. The van der Waals surface area contributed by atoms with Crippen molar-refractivity contribution in [3.63, 3.8) is 0 Å². The number of aliphatic hydroxyl groups is 3. The summed E-state index contributed by atoms with van der Waals surface area (Å²) in [6.45, 7) is 1.39. The zero-order valence-corrected chi connectivity index (χ0v) is 20.9. The van der Waals surface area contributed by atoms with E-state index in [2.05, 4.69) is 13.0 Å². The summed E-state index contributed by atoms with van der Waals surface area (Å²) in [7, 11) is 1.45. The molecule has 1 saturated heterocycles. The van der Waals surface area contributed by atoms with Gasteiger partial charge in [0.05, 0.1) is 31.2 Å². The van der Waals surface area contributed by atoms with E-state index in [1.807, 2.05) is 30.3 Å². The molecule has 192 valence electrons. The van der Waals surface area contributed by atoms with E-state index in [0.29, 0.717) is 24.0 Å². The number of phenols is 1. The Morgan fingerprint density at radius 2 is 1.81 bits per heavy atom. The van der Waals surface area contributed by atoms with Gasteiger partial charge in [-0.15, -0.1) is 0 Å². The molecule has 7 nitrogen and oxygen atoms in total. The summed E-state index contributed by atoms with van der Waals surface area (Å²) < 4.78 is 0. The number of hydrogen-bond donors (Lipinski definition) is 4. The Morgan fingerprint density at radius 1 is 1.08 bits per heavy atom. The number of carbonyl (C=O) groups excluding carboxylic acids is 2. The summed E-state index contributed by atoms with van der Waals surface area (Å²) in [5.74, 6) is -2.40. The van der Waals surface area contributed by atoms with Gasteiger partial charge in [-0.3, -0.25) is 14.5 Å². The minimum Gasteiger partial charge on any atom is -0.507 e. The van der Waals surface area contributed by atoms with Gasteiger partial charge in [0, 0.05) is 18.4 Å². The molecule has 1 fully saturated rings. The first-order valence-electron chi connectivity index (χ1n) is 12.6. The van der Waals surface area contributed by atoms with Gasteiger partial charge in [-0.25, -0.2) is 0 Å². The van der Waals surface area contributed by atoms with Crippen LogP contribution in [0.5, 0.6) is 5.75 Å². The van der Waals surface area contributed by atoms with Crippen molar-refractivity contribution in [3.8, 4) is 5.75 Å². The second-order valence-corrected chi connectivity index (χ2v) is 9.90. The molecule has 4 atom stereocenters. The molecule has 2 aromatic rings. The Morgan fingerprint density at radius 3 is 2.47 bits per heavy atom. The molecule has 2 aliphatic rings. The van der Waals surface area contributed by atoms with E-state index in [4.69, 9.17) is 0 Å². The van der Waals surface area contributed by atoms with Crippen LogP contribution in [0.2, 0.25) is 0 Å². The van der Waals surface area contributed by atoms with Crippen molar-refractivity contribution in [3.05, 3.63) is 58.7 Å². The fourth-order valence-electron chi connectivity index (χ4n) is 5.98. The van der Waals surface area contributed by atoms with Crippen molar-refractivity contribution in [2.45, 2.75) is 45.1 Å². The van der Waals surface area contributed by atoms with Gasteiger partial charge in [0.15, 0.2) is 0 Å². The maximum absolute atomic E-state index is 12.8. The normalized spacial score (nSPS) is 23.5. The fourth-order valence-corrected chi connectivity index (χ4v) is 5.98. The van der Waals surface area contributed by atoms with Crippen LogP contribution in [0.15, 0.2) is 53.1 Å². The molecule has 2 aromatic carbocycles. The lowest BCUT2D eigenvalue weighted by molar-refractivity contribution is -0.138. The second kappa shape index (κ2) is 10.9. The number of aromatic hydroxyl groups is 1. The van der Waals surface area contributed by atoms with E-state index in [1.54, 1.807) is 6.07 Å². The third kappa shape index (κ3) is 4.71. The maximum atomic E-state index is 12.8. The average Bonchev–Trinajstić information content (AvgIpc) is 3.11. The summed E-state index contributed by atoms with van der Waals surface area (Å²) in [6, 6.07) is 11.2. The zero-order valence-electron chi connectivity index (χ0n) is 20.9. The van der Waals surface area contributed by atoms with Gasteiger partial charge in [0.25, 0.3) is 0 Å². The van der Waals surface area contributed by atoms with Crippen LogP contribution in [0, 0.1) is 17.8 Å². The number of hydrogen-bond acceptors (Lipinski definition) is 6. The Hall–Kier alpha value is -3.00. The number of nitrogens with zero attached hydrogens (tertiary/aromatic N) is 1. The molecular formula is C29H35NO6. The first-order valence-corrected chi connectivity index (χ1v) is 12.6. The molecule has 0 aromatic heterocycles. The lowest BCUT2D eigenvalue weighted by Gasteiger charge is -2.36. The fraction of sp³-hybridized carbons (Fsp3) is 0.448. The van der Waals surface area contributed by atoms with Gasteiger partial charge in [-0.2, -0.15) is 0 Å². The van der Waals surface area contributed by atoms with Crippen LogP contribution in [0.3, 0.4) is 0 Å². The smallest absolute Gasteiger partial charge is 0.233 e. The Labute approximate surface area is 211 Å². The van der Waals surface area contributed by atoms with Crippen molar-refractivity contribution >= 4 is 28.7 Å². The van der Waals surface area contributed by atoms with Gasteiger partial charge < -0.3 is 20.4 Å². The van der Waals surface area contributed by atoms with Crippen molar-refractivity contribution in [1.29, 1.82) is 0 Å². The van der Waals surface area contributed by atoms with Crippen LogP contribution in [0.4, 0.5) is 0 Å². The highest BCUT2D eigenvalue weighted by atomic mass is 16.3. The van der Waals surface area contributed by atoms with Crippen molar-refractivity contribution < 1.29 is 30.0 Å². The van der Waals surface area contributed by atoms with Crippen LogP contribution in [0.25, 0.3) is 16.8 Å². The maximum Gasteiger partial charge on any atom is 0.233 e. The van der Waals surface area contributed by atoms with Gasteiger partial charge in [0.1, 0.15) is 5.75 Å². The lowest BCUT2D eigenvalue weighted by Crippen LogP contribution is -2.39. The molecule has 1 aliphatic carbocycles. The van der Waals surface area contributed by atoms with Crippen LogP contribution in [-0.4, -0.2) is 63.5 Å². The molecule has 2 amide bonds. The van der Waals surface area contributed by atoms with E-state index in [1.165, 1.54) is 7.05 Å². The third-order valence-electron chi connectivity index (χ3n) is 7.76. The molecule has 1 heterocycles.